The van der Waals surface area contributed by atoms with Gasteiger partial charge in [-0.15, -0.1) is 0 Å². The van der Waals surface area contributed by atoms with Crippen LogP contribution in [0.5, 0.6) is 0 Å². The molecule has 3 rings (SSSR count). The first-order chi connectivity index (χ1) is 13.2. The van der Waals surface area contributed by atoms with E-state index in [-0.39, 0.29) is 5.69 Å². The molecule has 2 aromatic carbocycles. The molecule has 0 saturated carbocycles. The molecule has 144 valence electrons. The van der Waals surface area contributed by atoms with Gasteiger partial charge in [-0.05, 0) is 30.7 Å². The van der Waals surface area contributed by atoms with Crippen molar-refractivity contribution in [1.82, 2.24) is 5.32 Å². The van der Waals surface area contributed by atoms with Crippen LogP contribution in [0.3, 0.4) is 0 Å². The molecular weight excluding hydrogens is 375 g/mol. The van der Waals surface area contributed by atoms with Crippen LogP contribution in [0.1, 0.15) is 11.1 Å². The first kappa shape index (κ1) is 19.3. The summed E-state index contributed by atoms with van der Waals surface area (Å²) in [7, 11) is 0. The van der Waals surface area contributed by atoms with Crippen molar-refractivity contribution >= 4 is 35.4 Å². The SMILES string of the molecule is Cc1ccccc1N1C(=O)NC(=O)[C@@H](C=Nc2ccccc2C(F)(F)F)C1=O. The molecule has 0 aromatic heterocycles. The zero-order valence-corrected chi connectivity index (χ0v) is 14.5. The topological polar surface area (TPSA) is 78.8 Å². The fourth-order valence-electron chi connectivity index (χ4n) is 2.75. The number of alkyl halides is 3. The molecule has 0 radical (unpaired) electrons. The van der Waals surface area contributed by atoms with Crippen LogP contribution < -0.4 is 10.2 Å². The van der Waals surface area contributed by atoms with E-state index in [1.165, 1.54) is 18.2 Å². The highest BCUT2D eigenvalue weighted by atomic mass is 19.4. The highest BCUT2D eigenvalue weighted by Gasteiger charge is 2.41. The van der Waals surface area contributed by atoms with Gasteiger partial charge in [0.2, 0.25) is 5.91 Å². The molecule has 1 aliphatic heterocycles. The number of aryl methyl sites for hydroxylation is 1. The van der Waals surface area contributed by atoms with Gasteiger partial charge in [0.05, 0.1) is 16.9 Å². The Balaban J connectivity index is 1.96. The number of para-hydroxylation sites is 2. The number of benzene rings is 2. The number of hydrogen-bond donors (Lipinski definition) is 1. The number of nitrogens with zero attached hydrogens (tertiary/aromatic N) is 2. The predicted octanol–water partition coefficient (Wildman–Crippen LogP) is 3.62. The number of halogens is 3. The van der Waals surface area contributed by atoms with Crippen molar-refractivity contribution in [2.24, 2.45) is 10.9 Å². The number of imide groups is 2. The van der Waals surface area contributed by atoms with Crippen LogP contribution in [-0.4, -0.2) is 24.1 Å². The largest absolute Gasteiger partial charge is 0.418 e. The molecule has 2 aromatic rings. The number of rotatable bonds is 3. The molecule has 1 fully saturated rings. The third kappa shape index (κ3) is 3.64. The van der Waals surface area contributed by atoms with Crippen molar-refractivity contribution in [3.63, 3.8) is 0 Å². The molecule has 0 aliphatic carbocycles. The summed E-state index contributed by atoms with van der Waals surface area (Å²) >= 11 is 0. The summed E-state index contributed by atoms with van der Waals surface area (Å²) in [6, 6.07) is 10.1. The molecule has 0 bridgehead atoms. The van der Waals surface area contributed by atoms with Crippen LogP contribution in [0.25, 0.3) is 0 Å². The smallest absolute Gasteiger partial charge is 0.276 e. The minimum absolute atomic E-state index is 0.270. The van der Waals surface area contributed by atoms with Crippen LogP contribution in [0.4, 0.5) is 29.3 Å². The summed E-state index contributed by atoms with van der Waals surface area (Å²) in [5.41, 5.74) is -0.554. The van der Waals surface area contributed by atoms with Crippen molar-refractivity contribution in [3.05, 3.63) is 59.7 Å². The molecule has 1 saturated heterocycles. The third-order valence-electron chi connectivity index (χ3n) is 4.13. The second-order valence-electron chi connectivity index (χ2n) is 6.03. The molecule has 1 aliphatic rings. The fraction of sp³-hybridized carbons (Fsp3) is 0.158. The lowest BCUT2D eigenvalue weighted by Crippen LogP contribution is -2.58. The second-order valence-corrected chi connectivity index (χ2v) is 6.03. The maximum absolute atomic E-state index is 13.1. The van der Waals surface area contributed by atoms with Crippen LogP contribution in [-0.2, 0) is 15.8 Å². The molecular formula is C19H14F3N3O3. The highest BCUT2D eigenvalue weighted by molar-refractivity contribution is 6.32. The fourth-order valence-corrected chi connectivity index (χ4v) is 2.75. The Labute approximate surface area is 157 Å². The average molecular weight is 389 g/mol. The maximum Gasteiger partial charge on any atom is 0.418 e. The van der Waals surface area contributed by atoms with Gasteiger partial charge < -0.3 is 0 Å². The lowest BCUT2D eigenvalue weighted by atomic mass is 10.0. The number of carbonyl (C=O) groups excluding carboxylic acids is 3. The molecule has 0 unspecified atom stereocenters. The number of aliphatic imine (C=N–C) groups is 1. The molecule has 1 heterocycles. The van der Waals surface area contributed by atoms with Gasteiger partial charge in [-0.3, -0.25) is 19.9 Å². The molecule has 9 heteroatoms. The minimum atomic E-state index is -4.64. The standard InChI is InChI=1S/C19H14F3N3O3/c1-11-6-2-5-9-15(11)25-17(27)12(16(26)24-18(25)28)10-23-14-8-4-3-7-13(14)19(20,21)22/h2-10,12H,1H3,(H,24,26,28)/t12-/m1/s1. The predicted molar refractivity (Wildman–Crippen MR) is 95.3 cm³/mol. The Bertz CT molecular complexity index is 986. The minimum Gasteiger partial charge on any atom is -0.276 e. The van der Waals surface area contributed by atoms with Gasteiger partial charge in [0.15, 0.2) is 5.92 Å². The van der Waals surface area contributed by atoms with E-state index in [2.05, 4.69) is 4.99 Å². The summed E-state index contributed by atoms with van der Waals surface area (Å²) in [6.45, 7) is 1.68. The Hall–Kier alpha value is -3.49. The average Bonchev–Trinajstić information content (AvgIpc) is 2.62. The van der Waals surface area contributed by atoms with Crippen molar-refractivity contribution < 1.29 is 27.6 Å². The summed E-state index contributed by atoms with van der Waals surface area (Å²) in [5, 5.41) is 2.03. The number of barbiturate groups is 1. The van der Waals surface area contributed by atoms with Gasteiger partial charge in [-0.1, -0.05) is 30.3 Å². The van der Waals surface area contributed by atoms with Gasteiger partial charge in [0.25, 0.3) is 5.91 Å². The first-order valence-electron chi connectivity index (χ1n) is 8.15. The van der Waals surface area contributed by atoms with Gasteiger partial charge >= 0.3 is 12.2 Å². The Kier molecular flexibility index (Phi) is 5.00. The van der Waals surface area contributed by atoms with Crippen LogP contribution in [0, 0.1) is 12.8 Å². The normalized spacial score (nSPS) is 17.9. The number of urea groups is 1. The summed E-state index contributed by atoms with van der Waals surface area (Å²) in [4.78, 5) is 41.5. The van der Waals surface area contributed by atoms with Crippen LogP contribution in [0.15, 0.2) is 53.5 Å². The Morgan fingerprint density at radius 1 is 1.04 bits per heavy atom. The molecule has 4 amide bonds. The van der Waals surface area contributed by atoms with E-state index < -0.39 is 41.2 Å². The van der Waals surface area contributed by atoms with E-state index in [9.17, 15) is 27.6 Å². The van der Waals surface area contributed by atoms with Crippen LogP contribution >= 0.6 is 0 Å². The van der Waals surface area contributed by atoms with Crippen molar-refractivity contribution in [2.45, 2.75) is 13.1 Å². The van der Waals surface area contributed by atoms with Crippen molar-refractivity contribution in [1.29, 1.82) is 0 Å². The molecule has 6 nitrogen and oxygen atoms in total. The molecule has 1 atom stereocenters. The van der Waals surface area contributed by atoms with Gasteiger partial charge in [0.1, 0.15) is 0 Å². The monoisotopic (exact) mass is 389 g/mol. The zero-order valence-electron chi connectivity index (χ0n) is 14.5. The van der Waals surface area contributed by atoms with Gasteiger partial charge in [-0.2, -0.15) is 13.2 Å². The summed E-state index contributed by atoms with van der Waals surface area (Å²) in [6.07, 6.45) is -3.82. The number of anilines is 1. The summed E-state index contributed by atoms with van der Waals surface area (Å²) in [5.74, 6) is -3.39. The Morgan fingerprint density at radius 2 is 1.68 bits per heavy atom. The van der Waals surface area contributed by atoms with E-state index in [4.69, 9.17) is 0 Å². The molecule has 1 N–H and O–H groups in total. The number of carbonyl (C=O) groups is 3. The van der Waals surface area contributed by atoms with E-state index >= 15 is 0 Å². The van der Waals surface area contributed by atoms with Crippen molar-refractivity contribution in [2.75, 3.05) is 4.90 Å². The highest BCUT2D eigenvalue weighted by Crippen LogP contribution is 2.36. The number of nitrogens with one attached hydrogen (secondary N) is 1. The zero-order chi connectivity index (χ0) is 20.5. The van der Waals surface area contributed by atoms with E-state index in [0.717, 1.165) is 23.2 Å². The Morgan fingerprint density at radius 3 is 2.36 bits per heavy atom. The van der Waals surface area contributed by atoms with Crippen LogP contribution in [0.2, 0.25) is 0 Å². The van der Waals surface area contributed by atoms with Crippen molar-refractivity contribution in [3.8, 4) is 0 Å². The maximum atomic E-state index is 13.1. The second kappa shape index (κ2) is 7.26. The quantitative estimate of drug-likeness (QED) is 0.643. The number of hydrogen-bond acceptors (Lipinski definition) is 4. The van der Waals surface area contributed by atoms with E-state index in [0.29, 0.717) is 5.56 Å². The lowest BCUT2D eigenvalue weighted by Gasteiger charge is -2.29. The first-order valence-corrected chi connectivity index (χ1v) is 8.15. The third-order valence-corrected chi connectivity index (χ3v) is 4.13. The molecule has 0 spiro atoms. The lowest BCUT2D eigenvalue weighted by molar-refractivity contribution is -0.137. The van der Waals surface area contributed by atoms with Gasteiger partial charge in [-0.25, -0.2) is 9.69 Å². The van der Waals surface area contributed by atoms with E-state index in [1.54, 1.807) is 25.1 Å². The molecule has 28 heavy (non-hydrogen) atoms. The summed E-state index contributed by atoms with van der Waals surface area (Å²) < 4.78 is 39.2. The van der Waals surface area contributed by atoms with E-state index in [1.807, 2.05) is 5.32 Å². The number of amides is 4. The van der Waals surface area contributed by atoms with Gasteiger partial charge in [0, 0.05) is 6.21 Å².